The number of carbonyl (C=O) groups excluding carboxylic acids is 1. The number of piperidine rings is 1. The van der Waals surface area contributed by atoms with Crippen molar-refractivity contribution in [2.75, 3.05) is 13.1 Å². The third-order valence-corrected chi connectivity index (χ3v) is 2.36. The van der Waals surface area contributed by atoms with Crippen LogP contribution >= 0.6 is 12.4 Å². The van der Waals surface area contributed by atoms with Crippen LogP contribution in [0.25, 0.3) is 0 Å². The van der Waals surface area contributed by atoms with Gasteiger partial charge in [0, 0.05) is 12.6 Å². The number of tetrazole rings is 1. The summed E-state index contributed by atoms with van der Waals surface area (Å²) in [6.07, 6.45) is 3.57. The molecule has 0 bridgehead atoms. The first kappa shape index (κ1) is 12.9. The zero-order chi connectivity index (χ0) is 10.5. The molecule has 1 amide bonds. The molecule has 0 aromatic carbocycles. The summed E-state index contributed by atoms with van der Waals surface area (Å²) in [6.45, 7) is 2.07. The van der Waals surface area contributed by atoms with Crippen molar-refractivity contribution < 1.29 is 4.79 Å². The Labute approximate surface area is 99.4 Å². The average Bonchev–Trinajstić information content (AvgIpc) is 2.71. The maximum atomic E-state index is 11.5. The van der Waals surface area contributed by atoms with Crippen LogP contribution in [0.3, 0.4) is 0 Å². The molecule has 2 rings (SSSR count). The molecule has 0 saturated carbocycles. The number of hydrogen-bond donors (Lipinski definition) is 2. The Hall–Kier alpha value is -1.21. The van der Waals surface area contributed by atoms with E-state index in [1.807, 2.05) is 0 Å². The number of hydrogen-bond acceptors (Lipinski definition) is 5. The van der Waals surface area contributed by atoms with E-state index in [2.05, 4.69) is 26.2 Å². The number of halogens is 1. The normalized spacial score (nSPS) is 19.9. The van der Waals surface area contributed by atoms with Crippen molar-refractivity contribution in [3.8, 4) is 0 Å². The number of nitrogens with zero attached hydrogens (tertiary/aromatic N) is 4. The molecule has 1 saturated heterocycles. The van der Waals surface area contributed by atoms with Gasteiger partial charge in [0.1, 0.15) is 12.9 Å². The highest BCUT2D eigenvalue weighted by Crippen LogP contribution is 2.00. The molecule has 0 spiro atoms. The second-order valence-corrected chi connectivity index (χ2v) is 3.62. The first-order valence-electron chi connectivity index (χ1n) is 5.05. The first-order chi connectivity index (χ1) is 7.34. The number of nitrogens with one attached hydrogen (secondary N) is 2. The smallest absolute Gasteiger partial charge is 0.242 e. The van der Waals surface area contributed by atoms with E-state index >= 15 is 0 Å². The highest BCUT2D eigenvalue weighted by Gasteiger charge is 2.15. The predicted molar refractivity (Wildman–Crippen MR) is 59.1 cm³/mol. The van der Waals surface area contributed by atoms with Gasteiger partial charge in [-0.3, -0.25) is 4.79 Å². The van der Waals surface area contributed by atoms with Gasteiger partial charge in [-0.05, 0) is 29.8 Å². The van der Waals surface area contributed by atoms with Gasteiger partial charge in [-0.1, -0.05) is 0 Å². The van der Waals surface area contributed by atoms with Gasteiger partial charge in [-0.25, -0.2) is 4.68 Å². The highest BCUT2D eigenvalue weighted by atomic mass is 35.5. The first-order valence-corrected chi connectivity index (χ1v) is 5.05. The molecular weight excluding hydrogens is 232 g/mol. The van der Waals surface area contributed by atoms with Gasteiger partial charge in [0.2, 0.25) is 5.91 Å². The van der Waals surface area contributed by atoms with Crippen LogP contribution in [0.4, 0.5) is 0 Å². The number of amides is 1. The molecule has 1 aromatic heterocycles. The minimum Gasteiger partial charge on any atom is -0.350 e. The van der Waals surface area contributed by atoms with E-state index < -0.39 is 0 Å². The highest BCUT2D eigenvalue weighted by molar-refractivity contribution is 5.85. The largest absolute Gasteiger partial charge is 0.350 e. The van der Waals surface area contributed by atoms with Crippen molar-refractivity contribution in [1.82, 2.24) is 30.8 Å². The molecular formula is C8H15ClN6O. The Balaban J connectivity index is 0.00000128. The molecule has 90 valence electrons. The molecule has 0 unspecified atom stereocenters. The van der Waals surface area contributed by atoms with Crippen LogP contribution in [0.1, 0.15) is 12.8 Å². The van der Waals surface area contributed by atoms with Gasteiger partial charge in [0.05, 0.1) is 0 Å². The zero-order valence-corrected chi connectivity index (χ0v) is 9.61. The van der Waals surface area contributed by atoms with E-state index in [0.717, 1.165) is 25.9 Å². The van der Waals surface area contributed by atoms with E-state index in [1.54, 1.807) is 0 Å². The number of aromatic nitrogens is 4. The fourth-order valence-corrected chi connectivity index (χ4v) is 1.65. The Kier molecular flexibility index (Phi) is 5.13. The quantitative estimate of drug-likeness (QED) is 0.712. The summed E-state index contributed by atoms with van der Waals surface area (Å²) < 4.78 is 1.41. The Morgan fingerprint density at radius 1 is 1.62 bits per heavy atom. The lowest BCUT2D eigenvalue weighted by molar-refractivity contribution is -0.122. The average molecular weight is 247 g/mol. The molecule has 1 aliphatic heterocycles. The third-order valence-electron chi connectivity index (χ3n) is 2.36. The van der Waals surface area contributed by atoms with Gasteiger partial charge < -0.3 is 10.6 Å². The van der Waals surface area contributed by atoms with Crippen molar-refractivity contribution in [2.24, 2.45) is 0 Å². The van der Waals surface area contributed by atoms with Crippen molar-refractivity contribution in [3.05, 3.63) is 6.33 Å². The van der Waals surface area contributed by atoms with Gasteiger partial charge in [0.25, 0.3) is 0 Å². The number of carbonyl (C=O) groups is 1. The predicted octanol–water partition coefficient (Wildman–Crippen LogP) is -1.04. The lowest BCUT2D eigenvalue weighted by Crippen LogP contribution is -2.46. The van der Waals surface area contributed by atoms with Crippen molar-refractivity contribution in [1.29, 1.82) is 0 Å². The standard InChI is InChI=1S/C8H14N6O.ClH/c15-8(5-14-6-10-12-13-14)11-7-2-1-3-9-4-7;/h6-7,9H,1-5H2,(H,11,15);1H/t7-;/m1./s1. The summed E-state index contributed by atoms with van der Waals surface area (Å²) in [5.74, 6) is -0.0454. The number of rotatable bonds is 3. The van der Waals surface area contributed by atoms with Crippen molar-refractivity contribution in [2.45, 2.75) is 25.4 Å². The van der Waals surface area contributed by atoms with Crippen LogP contribution in [-0.2, 0) is 11.3 Å². The minimum absolute atomic E-state index is 0. The van der Waals surface area contributed by atoms with Gasteiger partial charge in [-0.15, -0.1) is 17.5 Å². The Morgan fingerprint density at radius 3 is 3.12 bits per heavy atom. The summed E-state index contributed by atoms with van der Waals surface area (Å²) in [4.78, 5) is 11.5. The SMILES string of the molecule is Cl.O=C(Cn1cnnn1)N[C@@H]1CCCNC1. The molecule has 16 heavy (non-hydrogen) atoms. The second-order valence-electron chi connectivity index (χ2n) is 3.62. The summed E-state index contributed by atoms with van der Waals surface area (Å²) in [7, 11) is 0. The van der Waals surface area contributed by atoms with E-state index in [1.165, 1.54) is 11.0 Å². The second kappa shape index (κ2) is 6.39. The van der Waals surface area contributed by atoms with Crippen molar-refractivity contribution in [3.63, 3.8) is 0 Å². The maximum Gasteiger partial charge on any atom is 0.242 e. The van der Waals surface area contributed by atoms with Crippen LogP contribution in [0, 0.1) is 0 Å². The molecule has 1 aliphatic rings. The summed E-state index contributed by atoms with van der Waals surface area (Å²) in [6, 6.07) is 0.239. The van der Waals surface area contributed by atoms with Crippen molar-refractivity contribution >= 4 is 18.3 Å². The topological polar surface area (TPSA) is 84.7 Å². The molecule has 2 heterocycles. The molecule has 1 aromatic rings. The van der Waals surface area contributed by atoms with E-state index in [-0.39, 0.29) is 30.9 Å². The summed E-state index contributed by atoms with van der Waals surface area (Å²) >= 11 is 0. The van der Waals surface area contributed by atoms with Crippen LogP contribution < -0.4 is 10.6 Å². The van der Waals surface area contributed by atoms with Crippen LogP contribution in [0.15, 0.2) is 6.33 Å². The van der Waals surface area contributed by atoms with Crippen LogP contribution in [0.2, 0.25) is 0 Å². The van der Waals surface area contributed by atoms with Crippen LogP contribution in [-0.4, -0.2) is 45.2 Å². The molecule has 1 atom stereocenters. The maximum absolute atomic E-state index is 11.5. The zero-order valence-electron chi connectivity index (χ0n) is 8.80. The Bertz CT molecular complexity index is 310. The molecule has 8 heteroatoms. The van der Waals surface area contributed by atoms with E-state index in [9.17, 15) is 4.79 Å². The monoisotopic (exact) mass is 246 g/mol. The van der Waals surface area contributed by atoms with E-state index in [0.29, 0.717) is 0 Å². The molecule has 0 radical (unpaired) electrons. The lowest BCUT2D eigenvalue weighted by atomic mass is 10.1. The van der Waals surface area contributed by atoms with Crippen LogP contribution in [0.5, 0.6) is 0 Å². The summed E-state index contributed by atoms with van der Waals surface area (Å²) in [5, 5.41) is 16.7. The lowest BCUT2D eigenvalue weighted by Gasteiger charge is -2.23. The molecule has 7 nitrogen and oxygen atoms in total. The van der Waals surface area contributed by atoms with E-state index in [4.69, 9.17) is 0 Å². The summed E-state index contributed by atoms with van der Waals surface area (Å²) in [5.41, 5.74) is 0. The fraction of sp³-hybridized carbons (Fsp3) is 0.750. The van der Waals surface area contributed by atoms with Gasteiger partial charge in [-0.2, -0.15) is 0 Å². The third kappa shape index (κ3) is 3.74. The fourth-order valence-electron chi connectivity index (χ4n) is 1.65. The molecule has 0 aliphatic carbocycles. The molecule has 2 N–H and O–H groups in total. The minimum atomic E-state index is -0.0454. The molecule has 1 fully saturated rings. The van der Waals surface area contributed by atoms with Gasteiger partial charge in [0.15, 0.2) is 0 Å². The Morgan fingerprint density at radius 2 is 2.50 bits per heavy atom. The van der Waals surface area contributed by atoms with Gasteiger partial charge >= 0.3 is 0 Å².